The van der Waals surface area contributed by atoms with Crippen LogP contribution in [0.4, 0.5) is 17.5 Å². The van der Waals surface area contributed by atoms with E-state index < -0.39 is 30.4 Å². The van der Waals surface area contributed by atoms with Gasteiger partial charge in [-0.2, -0.15) is 9.97 Å². The zero-order valence-corrected chi connectivity index (χ0v) is 36.2. The van der Waals surface area contributed by atoms with E-state index in [0.717, 1.165) is 27.8 Å². The molecule has 0 spiro atoms. The zero-order chi connectivity index (χ0) is 44.3. The third kappa shape index (κ3) is 9.42. The van der Waals surface area contributed by atoms with Gasteiger partial charge >= 0.3 is 0 Å². The number of ether oxygens (including phenoxy) is 1. The molecule has 0 radical (unpaired) electrons. The minimum atomic E-state index is -1.47. The third-order valence-corrected chi connectivity index (χ3v) is 11.2. The number of aromatic nitrogens is 4. The SMILES string of the molecule is CNC(=O)[C@H]1O[C@@H](n2cnc3c(NCC(c4ccccc4)c4ccccc4)nc(NCCc4ccc(NC(=O)c5cc(C(C)(C)C)c(O)c(C(C)(C)C)c5)cc4)nc32)[C@H](O)[C@@H]1O. The average molecular weight is 841 g/mol. The third-order valence-electron chi connectivity index (χ3n) is 11.2. The molecule has 14 heteroatoms. The van der Waals surface area contributed by atoms with Crippen molar-refractivity contribution in [2.24, 2.45) is 0 Å². The highest BCUT2D eigenvalue weighted by atomic mass is 16.6. The lowest BCUT2D eigenvalue weighted by Gasteiger charge is -2.28. The van der Waals surface area contributed by atoms with Gasteiger partial charge in [0.2, 0.25) is 5.95 Å². The summed E-state index contributed by atoms with van der Waals surface area (Å²) >= 11 is 0. The van der Waals surface area contributed by atoms with E-state index in [9.17, 15) is 24.9 Å². The molecule has 7 rings (SSSR count). The molecule has 1 aliphatic heterocycles. The van der Waals surface area contributed by atoms with Gasteiger partial charge in [-0.1, -0.05) is 114 Å². The highest BCUT2D eigenvalue weighted by Crippen LogP contribution is 2.40. The number of phenolic OH excluding ortho intramolecular Hbond substituents is 1. The number of anilines is 3. The summed E-state index contributed by atoms with van der Waals surface area (Å²) in [4.78, 5) is 40.3. The van der Waals surface area contributed by atoms with Gasteiger partial charge < -0.3 is 41.3 Å². The Kier molecular flexibility index (Phi) is 12.7. The quantitative estimate of drug-likeness (QED) is 0.0659. The maximum atomic E-state index is 13.5. The maximum absolute atomic E-state index is 13.5. The monoisotopic (exact) mass is 840 g/mol. The number of nitrogens with one attached hydrogen (secondary N) is 4. The molecule has 4 atom stereocenters. The first-order chi connectivity index (χ1) is 29.5. The standard InChI is InChI=1S/C48H56N8O6/c1-47(2,3)34-24-31(25-35(37(34)57)48(4,5)6)43(60)53-32-20-18-28(19-21-32)22-23-50-46-54-41(51-26-33(29-14-10-8-11-15-29)30-16-12-9-13-17-30)36-42(55-46)56(27-52-36)45-39(59)38(58)40(62-45)44(61)49-7/h8-21,24-25,27,33,38-40,45,57-59H,22-23,26H2,1-7H3,(H,49,61)(H,53,60)(H2,50,51,54,55)/t38-,39+,40-,45+/m0/s1. The second-order valence-electron chi connectivity index (χ2n) is 17.8. The predicted octanol–water partition coefficient (Wildman–Crippen LogP) is 6.64. The largest absolute Gasteiger partial charge is 0.507 e. The van der Waals surface area contributed by atoms with Gasteiger partial charge in [0.05, 0.1) is 6.33 Å². The number of carbonyl (C=O) groups is 2. The van der Waals surface area contributed by atoms with Gasteiger partial charge in [-0.15, -0.1) is 0 Å². The summed E-state index contributed by atoms with van der Waals surface area (Å²) in [6.07, 6.45) is -3.29. The highest BCUT2D eigenvalue weighted by Gasteiger charge is 2.47. The van der Waals surface area contributed by atoms with Gasteiger partial charge in [0.25, 0.3) is 11.8 Å². The number of aromatic hydroxyl groups is 1. The Hall–Kier alpha value is -6.35. The topological polar surface area (TPSA) is 196 Å². The van der Waals surface area contributed by atoms with Crippen LogP contribution < -0.4 is 21.3 Å². The molecule has 7 N–H and O–H groups in total. The van der Waals surface area contributed by atoms with E-state index in [1.807, 2.05) is 102 Å². The lowest BCUT2D eigenvalue weighted by molar-refractivity contribution is -0.137. The Balaban J connectivity index is 1.11. The first-order valence-corrected chi connectivity index (χ1v) is 20.9. The number of aliphatic hydroxyl groups is 2. The minimum absolute atomic E-state index is 0.0277. The smallest absolute Gasteiger partial charge is 0.255 e. The van der Waals surface area contributed by atoms with E-state index in [1.165, 1.54) is 17.9 Å². The summed E-state index contributed by atoms with van der Waals surface area (Å²) in [5.74, 6) is 0.102. The van der Waals surface area contributed by atoms with Crippen LogP contribution >= 0.6 is 0 Å². The molecular weight excluding hydrogens is 785 g/mol. The number of rotatable bonds is 13. The number of hydrogen-bond donors (Lipinski definition) is 7. The molecule has 2 amide bonds. The molecule has 2 aromatic heterocycles. The van der Waals surface area contributed by atoms with Crippen LogP contribution in [-0.4, -0.2) is 85.1 Å². The van der Waals surface area contributed by atoms with Crippen LogP contribution in [0, 0.1) is 0 Å². The molecule has 62 heavy (non-hydrogen) atoms. The van der Waals surface area contributed by atoms with Crippen LogP contribution in [0.5, 0.6) is 5.75 Å². The summed E-state index contributed by atoms with van der Waals surface area (Å²) in [5.41, 5.74) is 5.79. The molecule has 14 nitrogen and oxygen atoms in total. The number of aliphatic hydroxyl groups excluding tert-OH is 2. The number of nitrogens with zero attached hydrogens (tertiary/aromatic N) is 4. The molecule has 0 unspecified atom stereocenters. The lowest BCUT2D eigenvalue weighted by Crippen LogP contribution is -2.41. The fourth-order valence-electron chi connectivity index (χ4n) is 7.74. The summed E-state index contributed by atoms with van der Waals surface area (Å²) in [7, 11) is 1.43. The lowest BCUT2D eigenvalue weighted by atomic mass is 9.78. The van der Waals surface area contributed by atoms with Crippen molar-refractivity contribution < 1.29 is 29.6 Å². The molecule has 4 aromatic carbocycles. The minimum Gasteiger partial charge on any atom is -0.507 e. The second kappa shape index (κ2) is 17.9. The van der Waals surface area contributed by atoms with E-state index in [2.05, 4.69) is 50.5 Å². The molecule has 1 aliphatic rings. The number of phenols is 1. The van der Waals surface area contributed by atoms with E-state index in [-0.39, 0.29) is 34.4 Å². The molecule has 1 saturated heterocycles. The molecule has 0 saturated carbocycles. The van der Waals surface area contributed by atoms with Gasteiger partial charge in [-0.05, 0) is 58.2 Å². The van der Waals surface area contributed by atoms with Crippen molar-refractivity contribution >= 4 is 40.4 Å². The number of imidazole rings is 1. The fourth-order valence-corrected chi connectivity index (χ4v) is 7.74. The maximum Gasteiger partial charge on any atom is 0.255 e. The predicted molar refractivity (Wildman–Crippen MR) is 241 cm³/mol. The van der Waals surface area contributed by atoms with Crippen LogP contribution in [0.3, 0.4) is 0 Å². The Morgan fingerprint density at radius 3 is 1.97 bits per heavy atom. The number of fused-ring (bicyclic) bond motifs is 1. The Morgan fingerprint density at radius 2 is 1.40 bits per heavy atom. The van der Waals surface area contributed by atoms with E-state index >= 15 is 0 Å². The number of benzene rings is 4. The first-order valence-electron chi connectivity index (χ1n) is 20.9. The van der Waals surface area contributed by atoms with Crippen LogP contribution in [0.2, 0.25) is 0 Å². The Bertz CT molecular complexity index is 2440. The van der Waals surface area contributed by atoms with Crippen LogP contribution in [0.1, 0.15) is 91.9 Å². The van der Waals surface area contributed by atoms with Crippen molar-refractivity contribution in [2.75, 3.05) is 36.1 Å². The number of likely N-dealkylation sites (N-methyl/N-ethyl adjacent to an activating group) is 1. The highest BCUT2D eigenvalue weighted by molar-refractivity contribution is 6.04. The fraction of sp³-hybridized carbons (Fsp3) is 0.354. The van der Waals surface area contributed by atoms with Crippen molar-refractivity contribution in [3.8, 4) is 5.75 Å². The van der Waals surface area contributed by atoms with Crippen molar-refractivity contribution in [3.63, 3.8) is 0 Å². The van der Waals surface area contributed by atoms with Crippen LogP contribution in [0.25, 0.3) is 11.2 Å². The molecular formula is C48H56N8O6. The van der Waals surface area contributed by atoms with Gasteiger partial charge in [0.15, 0.2) is 29.3 Å². The van der Waals surface area contributed by atoms with E-state index in [1.54, 1.807) is 12.1 Å². The van der Waals surface area contributed by atoms with Gasteiger partial charge in [0.1, 0.15) is 18.0 Å². The Labute approximate surface area is 361 Å². The molecule has 6 aromatic rings. The molecule has 0 bridgehead atoms. The summed E-state index contributed by atoms with van der Waals surface area (Å²) in [6.45, 7) is 13.0. The second-order valence-corrected chi connectivity index (χ2v) is 17.8. The summed E-state index contributed by atoms with van der Waals surface area (Å²) < 4.78 is 7.41. The van der Waals surface area contributed by atoms with Crippen molar-refractivity contribution in [3.05, 3.63) is 137 Å². The van der Waals surface area contributed by atoms with Crippen LogP contribution in [0.15, 0.2) is 103 Å². The van der Waals surface area contributed by atoms with Crippen molar-refractivity contribution in [2.45, 2.75) is 89.3 Å². The van der Waals surface area contributed by atoms with Crippen LogP contribution in [-0.2, 0) is 26.8 Å². The van der Waals surface area contributed by atoms with Crippen molar-refractivity contribution in [1.29, 1.82) is 0 Å². The van der Waals surface area contributed by atoms with Gasteiger partial charge in [-0.3, -0.25) is 14.2 Å². The number of amides is 2. The van der Waals surface area contributed by atoms with E-state index in [4.69, 9.17) is 14.7 Å². The molecule has 3 heterocycles. The van der Waals surface area contributed by atoms with E-state index in [0.29, 0.717) is 47.7 Å². The summed E-state index contributed by atoms with van der Waals surface area (Å²) in [5, 5.41) is 45.2. The Morgan fingerprint density at radius 1 is 0.806 bits per heavy atom. The normalized spacial score (nSPS) is 17.9. The number of carbonyl (C=O) groups excluding carboxylic acids is 2. The van der Waals surface area contributed by atoms with Gasteiger partial charge in [0, 0.05) is 48.4 Å². The molecule has 324 valence electrons. The summed E-state index contributed by atoms with van der Waals surface area (Å²) in [6, 6.07) is 31.5. The number of hydrogen-bond acceptors (Lipinski definition) is 11. The average Bonchev–Trinajstić information content (AvgIpc) is 3.80. The first kappa shape index (κ1) is 43.7. The molecule has 1 fully saturated rings. The van der Waals surface area contributed by atoms with Gasteiger partial charge in [-0.25, -0.2) is 4.98 Å². The molecule has 0 aliphatic carbocycles. The zero-order valence-electron chi connectivity index (χ0n) is 36.2. The van der Waals surface area contributed by atoms with Crippen molar-refractivity contribution in [1.82, 2.24) is 24.8 Å².